The van der Waals surface area contributed by atoms with Crippen molar-refractivity contribution in [3.8, 4) is 6.07 Å². The maximum Gasteiger partial charge on any atom is 0.145 e. The van der Waals surface area contributed by atoms with Gasteiger partial charge in [0.25, 0.3) is 0 Å². The first-order valence-electron chi connectivity index (χ1n) is 7.23. The summed E-state index contributed by atoms with van der Waals surface area (Å²) in [6.07, 6.45) is 0. The van der Waals surface area contributed by atoms with Crippen LogP contribution in [0.4, 0.5) is 4.39 Å². The second kappa shape index (κ2) is 6.52. The van der Waals surface area contributed by atoms with Crippen LogP contribution >= 0.6 is 0 Å². The van der Waals surface area contributed by atoms with Gasteiger partial charge >= 0.3 is 0 Å². The number of rotatable bonds is 4. The number of hydrogen-bond acceptors (Lipinski definition) is 4. The predicted octanol–water partition coefficient (Wildman–Crippen LogP) is 1.59. The average molecular weight is 291 g/mol. The van der Waals surface area contributed by atoms with Crippen LogP contribution in [0.2, 0.25) is 0 Å². The van der Waals surface area contributed by atoms with Gasteiger partial charge in [0, 0.05) is 44.8 Å². The lowest BCUT2D eigenvalue weighted by Crippen LogP contribution is -2.50. The third kappa shape index (κ3) is 4.50. The molecule has 0 amide bonds. The van der Waals surface area contributed by atoms with Crippen molar-refractivity contribution >= 4 is 0 Å². The van der Waals surface area contributed by atoms with Gasteiger partial charge in [-0.05, 0) is 19.9 Å². The molecule has 0 saturated carbocycles. The summed E-state index contributed by atoms with van der Waals surface area (Å²) in [5, 5.41) is 18.7. The molecule has 1 fully saturated rings. The highest BCUT2D eigenvalue weighted by Gasteiger charge is 2.23. The van der Waals surface area contributed by atoms with E-state index in [2.05, 4.69) is 9.80 Å². The number of benzene rings is 1. The smallest absolute Gasteiger partial charge is 0.145 e. The monoisotopic (exact) mass is 291 g/mol. The fraction of sp³-hybridized carbons (Fsp3) is 0.562. The minimum atomic E-state index is -0.685. The van der Waals surface area contributed by atoms with Gasteiger partial charge in [-0.1, -0.05) is 12.1 Å². The quantitative estimate of drug-likeness (QED) is 0.915. The van der Waals surface area contributed by atoms with Crippen LogP contribution < -0.4 is 0 Å². The van der Waals surface area contributed by atoms with Crippen LogP contribution in [0.1, 0.15) is 25.0 Å². The topological polar surface area (TPSA) is 50.5 Å². The molecule has 5 heteroatoms. The highest BCUT2D eigenvalue weighted by molar-refractivity contribution is 5.34. The van der Waals surface area contributed by atoms with Crippen LogP contribution in [0, 0.1) is 17.1 Å². The minimum absolute atomic E-state index is 0.105. The second-order valence-corrected chi connectivity index (χ2v) is 6.26. The first-order valence-corrected chi connectivity index (χ1v) is 7.23. The molecule has 0 spiro atoms. The lowest BCUT2D eigenvalue weighted by molar-refractivity contribution is 0.0165. The van der Waals surface area contributed by atoms with E-state index < -0.39 is 11.4 Å². The molecule has 1 aliphatic rings. The van der Waals surface area contributed by atoms with E-state index in [1.165, 1.54) is 6.07 Å². The molecule has 1 heterocycles. The normalized spacial score (nSPS) is 17.7. The fourth-order valence-electron chi connectivity index (χ4n) is 2.68. The van der Waals surface area contributed by atoms with Gasteiger partial charge in [-0.15, -0.1) is 0 Å². The van der Waals surface area contributed by atoms with Gasteiger partial charge in [-0.25, -0.2) is 4.39 Å². The molecule has 1 saturated heterocycles. The Morgan fingerprint density at radius 2 is 1.86 bits per heavy atom. The van der Waals surface area contributed by atoms with Gasteiger partial charge < -0.3 is 5.11 Å². The maximum atomic E-state index is 14.0. The standard InChI is InChI=1S/C16H22FN3O/c1-16(2,21)12-20-8-6-19(7-9-20)11-14-5-3-4-13(10-18)15(14)17/h3-5,21H,6-9,11-12H2,1-2H3. The molecule has 2 rings (SSSR count). The Bertz CT molecular complexity index is 525. The molecular weight excluding hydrogens is 269 g/mol. The van der Waals surface area contributed by atoms with Crippen LogP contribution in [0.15, 0.2) is 18.2 Å². The summed E-state index contributed by atoms with van der Waals surface area (Å²) in [4.78, 5) is 4.40. The third-order valence-corrected chi connectivity index (χ3v) is 3.67. The summed E-state index contributed by atoms with van der Waals surface area (Å²) < 4.78 is 14.0. The maximum absolute atomic E-state index is 14.0. The Balaban J connectivity index is 1.91. The third-order valence-electron chi connectivity index (χ3n) is 3.67. The number of piperazine rings is 1. The molecular formula is C16H22FN3O. The molecule has 21 heavy (non-hydrogen) atoms. The predicted molar refractivity (Wildman–Crippen MR) is 79.1 cm³/mol. The lowest BCUT2D eigenvalue weighted by Gasteiger charge is -2.37. The van der Waals surface area contributed by atoms with E-state index in [9.17, 15) is 9.50 Å². The van der Waals surface area contributed by atoms with Crippen molar-refractivity contribution in [3.05, 3.63) is 35.1 Å². The van der Waals surface area contributed by atoms with Crippen LogP contribution in [-0.4, -0.2) is 53.2 Å². The Labute approximate surface area is 125 Å². The number of β-amino-alcohol motifs (C(OH)–C–C–N with tert-alkyl or cyclic N) is 1. The van der Waals surface area contributed by atoms with Crippen LogP contribution in [0.5, 0.6) is 0 Å². The summed E-state index contributed by atoms with van der Waals surface area (Å²) >= 11 is 0. The molecule has 4 nitrogen and oxygen atoms in total. The van der Waals surface area contributed by atoms with E-state index in [0.717, 1.165) is 26.2 Å². The van der Waals surface area contributed by atoms with Crippen molar-refractivity contribution < 1.29 is 9.50 Å². The molecule has 1 aromatic rings. The zero-order valence-corrected chi connectivity index (χ0v) is 12.6. The highest BCUT2D eigenvalue weighted by Crippen LogP contribution is 2.16. The van der Waals surface area contributed by atoms with Gasteiger partial charge in [0.2, 0.25) is 0 Å². The highest BCUT2D eigenvalue weighted by atomic mass is 19.1. The van der Waals surface area contributed by atoms with Crippen LogP contribution in [-0.2, 0) is 6.54 Å². The number of nitriles is 1. The average Bonchev–Trinajstić information content (AvgIpc) is 2.42. The van der Waals surface area contributed by atoms with Crippen molar-refractivity contribution in [3.63, 3.8) is 0 Å². The van der Waals surface area contributed by atoms with E-state index in [4.69, 9.17) is 5.26 Å². The SMILES string of the molecule is CC(C)(O)CN1CCN(Cc2cccc(C#N)c2F)CC1. The molecule has 0 radical (unpaired) electrons. The van der Waals surface area contributed by atoms with Crippen LogP contribution in [0.3, 0.4) is 0 Å². The van der Waals surface area contributed by atoms with E-state index >= 15 is 0 Å². The van der Waals surface area contributed by atoms with E-state index in [1.54, 1.807) is 12.1 Å². The van der Waals surface area contributed by atoms with E-state index in [1.807, 2.05) is 19.9 Å². The Hall–Kier alpha value is -1.48. The summed E-state index contributed by atoms with van der Waals surface area (Å²) in [6.45, 7) is 8.20. The van der Waals surface area contributed by atoms with Crippen molar-refractivity contribution in [2.45, 2.75) is 26.0 Å². The zero-order valence-electron chi connectivity index (χ0n) is 12.6. The molecule has 1 aliphatic heterocycles. The van der Waals surface area contributed by atoms with Gasteiger partial charge in [0.15, 0.2) is 0 Å². The van der Waals surface area contributed by atoms with Gasteiger partial charge in [-0.2, -0.15) is 5.26 Å². The first-order chi connectivity index (χ1) is 9.89. The lowest BCUT2D eigenvalue weighted by atomic mass is 10.1. The summed E-state index contributed by atoms with van der Waals surface area (Å²) in [6, 6.07) is 6.84. The number of nitrogens with zero attached hydrogens (tertiary/aromatic N) is 3. The summed E-state index contributed by atoms with van der Waals surface area (Å²) in [5.41, 5.74) is -0.00627. The largest absolute Gasteiger partial charge is 0.389 e. The number of halogens is 1. The molecule has 1 aromatic carbocycles. The van der Waals surface area contributed by atoms with E-state index in [0.29, 0.717) is 18.7 Å². The first kappa shape index (κ1) is 15.9. The molecule has 0 aliphatic carbocycles. The molecule has 0 unspecified atom stereocenters. The van der Waals surface area contributed by atoms with Gasteiger partial charge in [-0.3, -0.25) is 9.80 Å². The van der Waals surface area contributed by atoms with Gasteiger partial charge in [0.05, 0.1) is 11.2 Å². The Kier molecular flexibility index (Phi) is 4.94. The van der Waals surface area contributed by atoms with Crippen molar-refractivity contribution in [2.24, 2.45) is 0 Å². The Morgan fingerprint density at radius 3 is 2.43 bits per heavy atom. The minimum Gasteiger partial charge on any atom is -0.389 e. The summed E-state index contributed by atoms with van der Waals surface area (Å²) in [7, 11) is 0. The number of aliphatic hydroxyl groups is 1. The van der Waals surface area contributed by atoms with Crippen molar-refractivity contribution in [1.29, 1.82) is 5.26 Å². The molecule has 0 bridgehead atoms. The second-order valence-electron chi connectivity index (χ2n) is 6.26. The van der Waals surface area contributed by atoms with E-state index in [-0.39, 0.29) is 5.56 Å². The molecule has 1 N–H and O–H groups in total. The van der Waals surface area contributed by atoms with Gasteiger partial charge in [0.1, 0.15) is 11.9 Å². The van der Waals surface area contributed by atoms with Crippen molar-refractivity contribution in [1.82, 2.24) is 9.80 Å². The number of hydrogen-bond donors (Lipinski definition) is 1. The zero-order chi connectivity index (χ0) is 15.5. The van der Waals surface area contributed by atoms with Crippen molar-refractivity contribution in [2.75, 3.05) is 32.7 Å². The molecule has 0 atom stereocenters. The Morgan fingerprint density at radius 1 is 1.24 bits per heavy atom. The summed E-state index contributed by atoms with van der Waals surface area (Å²) in [5.74, 6) is -0.404. The fourth-order valence-corrected chi connectivity index (χ4v) is 2.68. The van der Waals surface area contributed by atoms with Crippen LogP contribution in [0.25, 0.3) is 0 Å². The molecule has 0 aromatic heterocycles. The molecule has 114 valence electrons.